The zero-order valence-corrected chi connectivity index (χ0v) is 14.7. The van der Waals surface area contributed by atoms with E-state index in [1.54, 1.807) is 6.33 Å². The van der Waals surface area contributed by atoms with Gasteiger partial charge in [0.15, 0.2) is 19.9 Å². The molecule has 0 radical (unpaired) electrons. The van der Waals surface area contributed by atoms with E-state index in [0.29, 0.717) is 19.4 Å². The zero-order valence-electron chi connectivity index (χ0n) is 13.8. The molecule has 1 fully saturated rings. The molecule has 2 N–H and O–H groups in total. The van der Waals surface area contributed by atoms with E-state index >= 15 is 0 Å². The highest BCUT2D eigenvalue weighted by Crippen LogP contribution is 2.36. The van der Waals surface area contributed by atoms with Crippen LogP contribution in [0.2, 0.25) is 0 Å². The van der Waals surface area contributed by atoms with Crippen LogP contribution in [0.15, 0.2) is 18.5 Å². The Bertz CT molecular complexity index is 752. The number of anilines is 1. The minimum absolute atomic E-state index is 0.440. The van der Waals surface area contributed by atoms with Crippen molar-refractivity contribution in [3.63, 3.8) is 0 Å². The third kappa shape index (κ3) is 3.62. The lowest BCUT2D eigenvalue weighted by molar-refractivity contribution is 0.172. The molecule has 0 unspecified atom stereocenters. The largest absolute Gasteiger partial charge is 0.486 e. The van der Waals surface area contributed by atoms with Crippen LogP contribution in [0.3, 0.4) is 0 Å². The maximum absolute atomic E-state index is 9.07. The molecule has 9 heteroatoms. The smallest absolute Gasteiger partial charge is 0.166 e. The summed E-state index contributed by atoms with van der Waals surface area (Å²) in [5.41, 5.74) is 0.850. The molecule has 4 rings (SSSR count). The van der Waals surface area contributed by atoms with E-state index in [9.17, 15) is 0 Å². The Kier molecular flexibility index (Phi) is 4.85. The van der Waals surface area contributed by atoms with Crippen LogP contribution in [0.25, 0.3) is 10.9 Å². The standard InChI is InChI=1S/C16H21N4O4P/c21-25(22)8-5-19-1-3-20(4-2-19)16-12-9-14-15(24-7-6-23-14)10-13(12)17-11-18-16/h9-11,21-22H,1-8H2. The SMILES string of the molecule is OP(O)CCN1CCN(c2ncnc3cc4c(cc23)OCCO4)CC1. The predicted molar refractivity (Wildman–Crippen MR) is 95.4 cm³/mol. The fraction of sp³-hybridized carbons (Fsp3) is 0.500. The molecule has 0 spiro atoms. The van der Waals surface area contributed by atoms with Gasteiger partial charge < -0.3 is 24.2 Å². The Hall–Kier alpha value is -1.73. The molecule has 25 heavy (non-hydrogen) atoms. The van der Waals surface area contributed by atoms with Gasteiger partial charge in [-0.15, -0.1) is 0 Å². The minimum atomic E-state index is -1.81. The molecule has 2 aliphatic rings. The Balaban J connectivity index is 1.54. The van der Waals surface area contributed by atoms with Gasteiger partial charge in [0.05, 0.1) is 5.52 Å². The highest BCUT2D eigenvalue weighted by molar-refractivity contribution is 7.45. The third-order valence-electron chi connectivity index (χ3n) is 4.57. The first-order valence-electron chi connectivity index (χ1n) is 8.37. The molecule has 134 valence electrons. The summed E-state index contributed by atoms with van der Waals surface area (Å²) in [6.45, 7) is 5.26. The van der Waals surface area contributed by atoms with Crippen molar-refractivity contribution in [1.82, 2.24) is 14.9 Å². The van der Waals surface area contributed by atoms with Gasteiger partial charge in [-0.3, -0.25) is 4.90 Å². The van der Waals surface area contributed by atoms with Crippen molar-refractivity contribution in [3.8, 4) is 11.5 Å². The minimum Gasteiger partial charge on any atom is -0.486 e. The van der Waals surface area contributed by atoms with Crippen LogP contribution in [0.5, 0.6) is 11.5 Å². The topological polar surface area (TPSA) is 91.2 Å². The monoisotopic (exact) mass is 364 g/mol. The van der Waals surface area contributed by atoms with Gasteiger partial charge >= 0.3 is 0 Å². The van der Waals surface area contributed by atoms with Gasteiger partial charge in [-0.2, -0.15) is 0 Å². The Morgan fingerprint density at radius 2 is 1.72 bits per heavy atom. The van der Waals surface area contributed by atoms with Crippen LogP contribution in [-0.4, -0.2) is 76.8 Å². The summed E-state index contributed by atoms with van der Waals surface area (Å²) >= 11 is 0. The molecule has 1 saturated heterocycles. The van der Waals surface area contributed by atoms with Gasteiger partial charge in [0.2, 0.25) is 0 Å². The molecular formula is C16H21N4O4P. The molecule has 0 amide bonds. The van der Waals surface area contributed by atoms with Crippen LogP contribution in [0, 0.1) is 0 Å². The van der Waals surface area contributed by atoms with Crippen LogP contribution < -0.4 is 14.4 Å². The summed E-state index contributed by atoms with van der Waals surface area (Å²) in [6.07, 6.45) is 2.03. The molecule has 0 atom stereocenters. The number of benzene rings is 1. The molecular weight excluding hydrogens is 343 g/mol. The first kappa shape index (κ1) is 16.7. The molecule has 0 bridgehead atoms. The van der Waals surface area contributed by atoms with E-state index in [0.717, 1.165) is 60.9 Å². The molecule has 2 aromatic rings. The molecule has 2 aliphatic heterocycles. The second-order valence-electron chi connectivity index (χ2n) is 6.13. The Morgan fingerprint density at radius 1 is 1.00 bits per heavy atom. The van der Waals surface area contributed by atoms with E-state index < -0.39 is 8.38 Å². The average molecular weight is 364 g/mol. The number of nitrogens with zero attached hydrogens (tertiary/aromatic N) is 4. The lowest BCUT2D eigenvalue weighted by Crippen LogP contribution is -2.47. The zero-order chi connectivity index (χ0) is 17.2. The average Bonchev–Trinajstić information content (AvgIpc) is 2.64. The van der Waals surface area contributed by atoms with Gasteiger partial charge in [0.1, 0.15) is 25.4 Å². The van der Waals surface area contributed by atoms with Crippen LogP contribution in [-0.2, 0) is 0 Å². The predicted octanol–water partition coefficient (Wildman–Crippen LogP) is 0.819. The number of hydrogen-bond acceptors (Lipinski definition) is 8. The van der Waals surface area contributed by atoms with E-state index in [1.165, 1.54) is 0 Å². The summed E-state index contributed by atoms with van der Waals surface area (Å²) < 4.78 is 11.3. The lowest BCUT2D eigenvalue weighted by Gasteiger charge is -2.35. The molecule has 1 aromatic carbocycles. The molecule has 1 aromatic heterocycles. The van der Waals surface area contributed by atoms with Gasteiger partial charge in [-0.1, -0.05) is 0 Å². The van der Waals surface area contributed by atoms with Crippen LogP contribution in [0.1, 0.15) is 0 Å². The molecule has 8 nitrogen and oxygen atoms in total. The van der Waals surface area contributed by atoms with Gasteiger partial charge in [0, 0.05) is 50.3 Å². The second kappa shape index (κ2) is 7.25. The fourth-order valence-electron chi connectivity index (χ4n) is 3.25. The first-order chi connectivity index (χ1) is 12.2. The Morgan fingerprint density at radius 3 is 2.44 bits per heavy atom. The third-order valence-corrected chi connectivity index (χ3v) is 5.17. The summed E-state index contributed by atoms with van der Waals surface area (Å²) in [6, 6.07) is 3.88. The van der Waals surface area contributed by atoms with Gasteiger partial charge in [-0.05, 0) is 6.07 Å². The summed E-state index contributed by atoms with van der Waals surface area (Å²) in [7, 11) is -1.81. The number of rotatable bonds is 4. The highest BCUT2D eigenvalue weighted by atomic mass is 31.2. The summed E-state index contributed by atoms with van der Waals surface area (Å²) in [4.78, 5) is 31.5. The lowest BCUT2D eigenvalue weighted by atomic mass is 10.1. The maximum atomic E-state index is 9.07. The summed E-state index contributed by atoms with van der Waals surface area (Å²) in [5.74, 6) is 2.39. The van der Waals surface area contributed by atoms with E-state index in [1.807, 2.05) is 12.1 Å². The molecule has 0 aliphatic carbocycles. The quantitative estimate of drug-likeness (QED) is 0.771. The second-order valence-corrected chi connectivity index (χ2v) is 7.33. The van der Waals surface area contributed by atoms with Crippen molar-refractivity contribution in [3.05, 3.63) is 18.5 Å². The normalized spacial score (nSPS) is 18.1. The van der Waals surface area contributed by atoms with Crippen LogP contribution in [0.4, 0.5) is 5.82 Å². The molecule has 0 saturated carbocycles. The van der Waals surface area contributed by atoms with Crippen molar-refractivity contribution in [2.24, 2.45) is 0 Å². The van der Waals surface area contributed by atoms with Crippen molar-refractivity contribution in [2.45, 2.75) is 0 Å². The number of piperazine rings is 1. The Labute approximate surface area is 146 Å². The number of hydrogen-bond donors (Lipinski definition) is 2. The van der Waals surface area contributed by atoms with Crippen LogP contribution >= 0.6 is 8.38 Å². The maximum Gasteiger partial charge on any atom is 0.166 e. The fourth-order valence-corrected chi connectivity index (χ4v) is 3.71. The van der Waals surface area contributed by atoms with Crippen molar-refractivity contribution < 1.29 is 19.3 Å². The van der Waals surface area contributed by atoms with E-state index in [4.69, 9.17) is 19.3 Å². The van der Waals surface area contributed by atoms with E-state index in [2.05, 4.69) is 19.8 Å². The van der Waals surface area contributed by atoms with Crippen molar-refractivity contribution >= 4 is 25.1 Å². The van der Waals surface area contributed by atoms with Crippen molar-refractivity contribution in [2.75, 3.05) is 57.0 Å². The van der Waals surface area contributed by atoms with Gasteiger partial charge in [0.25, 0.3) is 0 Å². The van der Waals surface area contributed by atoms with E-state index in [-0.39, 0.29) is 0 Å². The number of aromatic nitrogens is 2. The molecule has 3 heterocycles. The van der Waals surface area contributed by atoms with Gasteiger partial charge in [-0.25, -0.2) is 9.97 Å². The van der Waals surface area contributed by atoms with Crippen molar-refractivity contribution in [1.29, 1.82) is 0 Å². The summed E-state index contributed by atoms with van der Waals surface area (Å²) in [5, 5.41) is 0.967. The number of fused-ring (bicyclic) bond motifs is 2. The number of ether oxygens (including phenoxy) is 2. The highest BCUT2D eigenvalue weighted by Gasteiger charge is 2.22. The first-order valence-corrected chi connectivity index (χ1v) is 9.81.